The van der Waals surface area contributed by atoms with Gasteiger partial charge in [0.2, 0.25) is 0 Å². The topological polar surface area (TPSA) is 68.2 Å². The smallest absolute Gasteiger partial charge is 0.312 e. The summed E-state index contributed by atoms with van der Waals surface area (Å²) in [6.07, 6.45) is 1.92. The molecule has 3 N–H and O–H groups in total. The van der Waals surface area contributed by atoms with Crippen LogP contribution >= 0.6 is 0 Å². The maximum Gasteiger partial charge on any atom is 0.312 e. The molecule has 4 heteroatoms. The summed E-state index contributed by atoms with van der Waals surface area (Å²) in [5.74, 6) is -1.52. The van der Waals surface area contributed by atoms with Crippen molar-refractivity contribution in [3.05, 3.63) is 36.0 Å². The van der Waals surface area contributed by atoms with Crippen LogP contribution in [-0.4, -0.2) is 22.2 Å². The molecule has 16 heavy (non-hydrogen) atoms. The minimum atomic E-state index is -0.879. The molecule has 0 bridgehead atoms. The number of hydrogen-bond acceptors (Lipinski definition) is 2. The molecule has 2 aromatic rings. The van der Waals surface area contributed by atoms with Crippen LogP contribution in [0.15, 0.2) is 30.5 Å². The Bertz CT molecular complexity index is 531. The van der Waals surface area contributed by atoms with Crippen LogP contribution in [0, 0.1) is 0 Å². The molecule has 0 fully saturated rings. The summed E-state index contributed by atoms with van der Waals surface area (Å²) in [5, 5.41) is 10.2. The summed E-state index contributed by atoms with van der Waals surface area (Å²) >= 11 is 0. The number of nitrogens with zero attached hydrogens (tertiary/aromatic N) is 1. The van der Waals surface area contributed by atoms with Crippen LogP contribution in [0.25, 0.3) is 10.9 Å². The first-order chi connectivity index (χ1) is 7.65. The van der Waals surface area contributed by atoms with Gasteiger partial charge in [-0.2, -0.15) is 0 Å². The van der Waals surface area contributed by atoms with Gasteiger partial charge in [-0.15, -0.1) is 0 Å². The molecule has 0 amide bonds. The van der Waals surface area contributed by atoms with Gasteiger partial charge in [-0.1, -0.05) is 18.2 Å². The van der Waals surface area contributed by atoms with E-state index in [2.05, 4.69) is 0 Å². The number of aromatic nitrogens is 1. The first kappa shape index (κ1) is 10.7. The van der Waals surface area contributed by atoms with Gasteiger partial charge in [-0.05, 0) is 17.0 Å². The molecule has 1 heterocycles. The van der Waals surface area contributed by atoms with Gasteiger partial charge in [0.1, 0.15) is 0 Å². The van der Waals surface area contributed by atoms with E-state index in [1.165, 1.54) is 0 Å². The second kappa shape index (κ2) is 3.98. The molecule has 0 saturated carbocycles. The summed E-state index contributed by atoms with van der Waals surface area (Å²) < 4.78 is 1.93. The fourth-order valence-electron chi connectivity index (χ4n) is 2.03. The van der Waals surface area contributed by atoms with Gasteiger partial charge in [-0.3, -0.25) is 4.79 Å². The van der Waals surface area contributed by atoms with Crippen molar-refractivity contribution in [3.8, 4) is 0 Å². The Labute approximate surface area is 93.3 Å². The Morgan fingerprint density at radius 3 is 2.88 bits per heavy atom. The minimum absolute atomic E-state index is 0.111. The second-order valence-corrected chi connectivity index (χ2v) is 3.84. The molecule has 0 radical (unpaired) electrons. The monoisotopic (exact) mass is 218 g/mol. The number of nitrogens with two attached hydrogens (primary N) is 1. The lowest BCUT2D eigenvalue weighted by Gasteiger charge is -2.12. The number of carboxylic acid groups (broad SMARTS) is 1. The van der Waals surface area contributed by atoms with Gasteiger partial charge in [0.15, 0.2) is 0 Å². The molecule has 0 aliphatic heterocycles. The van der Waals surface area contributed by atoms with Crippen molar-refractivity contribution in [1.29, 1.82) is 0 Å². The Morgan fingerprint density at radius 2 is 2.25 bits per heavy atom. The quantitative estimate of drug-likeness (QED) is 0.816. The number of hydrogen-bond donors (Lipinski definition) is 2. The highest BCUT2D eigenvalue weighted by molar-refractivity contribution is 5.89. The number of carboxylic acids is 1. The summed E-state index contributed by atoms with van der Waals surface area (Å²) in [6.45, 7) is 0.111. The number of para-hydroxylation sites is 1. The summed E-state index contributed by atoms with van der Waals surface area (Å²) in [7, 11) is 1.90. The minimum Gasteiger partial charge on any atom is -0.481 e. The van der Waals surface area contributed by atoms with Gasteiger partial charge in [0.25, 0.3) is 0 Å². The van der Waals surface area contributed by atoms with E-state index >= 15 is 0 Å². The fourth-order valence-corrected chi connectivity index (χ4v) is 2.03. The molecule has 84 valence electrons. The third-order valence-corrected chi connectivity index (χ3v) is 2.84. The van der Waals surface area contributed by atoms with E-state index in [1.807, 2.05) is 42.1 Å². The normalized spacial score (nSPS) is 12.9. The standard InChI is InChI=1S/C12H14N2O2/c1-14-6-5-8-3-2-4-9(11(8)14)10(7-13)12(15)16/h2-6,10H,7,13H2,1H3,(H,15,16). The number of aliphatic carboxylic acids is 1. The highest BCUT2D eigenvalue weighted by Crippen LogP contribution is 2.25. The fraction of sp³-hybridized carbons (Fsp3) is 0.250. The number of rotatable bonds is 3. The Balaban J connectivity index is 2.67. The average Bonchev–Trinajstić information content (AvgIpc) is 2.62. The SMILES string of the molecule is Cn1ccc2cccc(C(CN)C(=O)O)c21. The van der Waals surface area contributed by atoms with E-state index in [4.69, 9.17) is 10.8 Å². The zero-order valence-electron chi connectivity index (χ0n) is 9.05. The molecule has 0 saturated heterocycles. The van der Waals surface area contributed by atoms with Crippen LogP contribution in [0.1, 0.15) is 11.5 Å². The number of benzene rings is 1. The Morgan fingerprint density at radius 1 is 1.50 bits per heavy atom. The van der Waals surface area contributed by atoms with Crippen molar-refractivity contribution in [3.63, 3.8) is 0 Å². The van der Waals surface area contributed by atoms with Gasteiger partial charge < -0.3 is 15.4 Å². The lowest BCUT2D eigenvalue weighted by molar-refractivity contribution is -0.138. The molecule has 1 atom stereocenters. The Hall–Kier alpha value is -1.81. The Kier molecular flexibility index (Phi) is 2.66. The lowest BCUT2D eigenvalue weighted by Crippen LogP contribution is -2.21. The van der Waals surface area contributed by atoms with E-state index in [-0.39, 0.29) is 6.54 Å². The van der Waals surface area contributed by atoms with E-state index in [0.29, 0.717) is 0 Å². The van der Waals surface area contributed by atoms with Crippen molar-refractivity contribution in [1.82, 2.24) is 4.57 Å². The average molecular weight is 218 g/mol. The highest BCUT2D eigenvalue weighted by atomic mass is 16.4. The van der Waals surface area contributed by atoms with Crippen LogP contribution in [0.4, 0.5) is 0 Å². The van der Waals surface area contributed by atoms with Gasteiger partial charge >= 0.3 is 5.97 Å². The summed E-state index contributed by atoms with van der Waals surface area (Å²) in [6, 6.07) is 7.62. The third-order valence-electron chi connectivity index (χ3n) is 2.84. The summed E-state index contributed by atoms with van der Waals surface area (Å²) in [5.41, 5.74) is 7.25. The number of carbonyl (C=O) groups is 1. The molecule has 1 aromatic carbocycles. The zero-order valence-corrected chi connectivity index (χ0v) is 9.05. The molecule has 0 spiro atoms. The summed E-state index contributed by atoms with van der Waals surface area (Å²) in [4.78, 5) is 11.1. The van der Waals surface area contributed by atoms with Crippen molar-refractivity contribution in [2.24, 2.45) is 12.8 Å². The van der Waals surface area contributed by atoms with E-state index < -0.39 is 11.9 Å². The van der Waals surface area contributed by atoms with Crippen LogP contribution < -0.4 is 5.73 Å². The van der Waals surface area contributed by atoms with Crippen molar-refractivity contribution >= 4 is 16.9 Å². The van der Waals surface area contributed by atoms with Crippen LogP contribution in [0.2, 0.25) is 0 Å². The third kappa shape index (κ3) is 1.57. The number of fused-ring (bicyclic) bond motifs is 1. The van der Waals surface area contributed by atoms with Crippen LogP contribution in [0.5, 0.6) is 0 Å². The maximum atomic E-state index is 11.1. The largest absolute Gasteiger partial charge is 0.481 e. The van der Waals surface area contributed by atoms with E-state index in [0.717, 1.165) is 16.5 Å². The lowest BCUT2D eigenvalue weighted by atomic mass is 9.97. The first-order valence-electron chi connectivity index (χ1n) is 5.12. The van der Waals surface area contributed by atoms with Crippen molar-refractivity contribution in [2.45, 2.75) is 5.92 Å². The highest BCUT2D eigenvalue weighted by Gasteiger charge is 2.21. The first-order valence-corrected chi connectivity index (χ1v) is 5.12. The van der Waals surface area contributed by atoms with Crippen molar-refractivity contribution < 1.29 is 9.90 Å². The molecule has 4 nitrogen and oxygen atoms in total. The van der Waals surface area contributed by atoms with Crippen LogP contribution in [-0.2, 0) is 11.8 Å². The molecular formula is C12H14N2O2. The van der Waals surface area contributed by atoms with E-state index in [1.54, 1.807) is 0 Å². The van der Waals surface area contributed by atoms with Gasteiger partial charge in [-0.25, -0.2) is 0 Å². The van der Waals surface area contributed by atoms with E-state index in [9.17, 15) is 4.79 Å². The zero-order chi connectivity index (χ0) is 11.7. The maximum absolute atomic E-state index is 11.1. The molecule has 0 aliphatic carbocycles. The van der Waals surface area contributed by atoms with Crippen LogP contribution in [0.3, 0.4) is 0 Å². The molecule has 0 aliphatic rings. The predicted octanol–water partition coefficient (Wildman–Crippen LogP) is 1.31. The molecule has 1 unspecified atom stereocenters. The van der Waals surface area contributed by atoms with Gasteiger partial charge in [0, 0.05) is 19.8 Å². The second-order valence-electron chi connectivity index (χ2n) is 3.84. The van der Waals surface area contributed by atoms with Gasteiger partial charge in [0.05, 0.1) is 11.4 Å². The molecule has 1 aromatic heterocycles. The van der Waals surface area contributed by atoms with Crippen molar-refractivity contribution in [2.75, 3.05) is 6.54 Å². The predicted molar refractivity (Wildman–Crippen MR) is 62.4 cm³/mol. The molecule has 2 rings (SSSR count). The number of aryl methyl sites for hydroxylation is 1. The molecular weight excluding hydrogens is 204 g/mol.